The largest absolute Gasteiger partial charge is 0.423 e. The van der Waals surface area contributed by atoms with Crippen molar-refractivity contribution in [3.8, 4) is 0 Å². The molecule has 2 aliphatic rings. The highest BCUT2D eigenvalue weighted by Crippen LogP contribution is 2.38. The van der Waals surface area contributed by atoms with Crippen LogP contribution in [0.5, 0.6) is 0 Å². The maximum Gasteiger partial charge on any atom is 0.423 e. The summed E-state index contributed by atoms with van der Waals surface area (Å²) in [4.78, 5) is 15.4. The third kappa shape index (κ3) is 6.93. The highest BCUT2D eigenvalue weighted by Gasteiger charge is 2.38. The fraction of sp³-hybridized carbons (Fsp3) is 0.519. The summed E-state index contributed by atoms with van der Waals surface area (Å²) in [6, 6.07) is 11.5. The van der Waals surface area contributed by atoms with Crippen molar-refractivity contribution < 1.29 is 22.8 Å². The lowest BCUT2D eigenvalue weighted by molar-refractivity contribution is -0.388. The van der Waals surface area contributed by atoms with Crippen LogP contribution in [0.15, 0.2) is 42.5 Å². The first-order valence-corrected chi connectivity index (χ1v) is 13.4. The van der Waals surface area contributed by atoms with E-state index in [4.69, 9.17) is 17.0 Å². The van der Waals surface area contributed by atoms with Gasteiger partial charge in [0.15, 0.2) is 0 Å². The van der Waals surface area contributed by atoms with E-state index in [2.05, 4.69) is 46.3 Å². The minimum absolute atomic E-state index is 0.0246. The van der Waals surface area contributed by atoms with Crippen molar-refractivity contribution in [1.29, 1.82) is 0 Å². The summed E-state index contributed by atoms with van der Waals surface area (Å²) in [5.41, 5.74) is 0.697. The van der Waals surface area contributed by atoms with Crippen LogP contribution in [0.4, 0.5) is 30.2 Å². The van der Waals surface area contributed by atoms with Gasteiger partial charge in [0.05, 0.1) is 17.6 Å². The Hall–Kier alpha value is -2.92. The number of nitrogens with one attached hydrogen (secondary N) is 1. The fourth-order valence-electron chi connectivity index (χ4n) is 5.22. The number of benzene rings is 2. The number of aryl methyl sites for hydroxylation is 1. The van der Waals surface area contributed by atoms with Gasteiger partial charge in [0.2, 0.25) is 0 Å². The molecule has 7 nitrogen and oxygen atoms in total. The van der Waals surface area contributed by atoms with Crippen LogP contribution in [-0.2, 0) is 17.3 Å². The number of thiocarbonyl (C=S) groups is 1. The second-order valence-corrected chi connectivity index (χ2v) is 10.2. The summed E-state index contributed by atoms with van der Waals surface area (Å²) in [5, 5.41) is 14.1. The molecule has 0 amide bonds. The van der Waals surface area contributed by atoms with Crippen LogP contribution in [0.2, 0.25) is 0 Å². The molecule has 0 spiro atoms. The van der Waals surface area contributed by atoms with Crippen molar-refractivity contribution in [1.82, 2.24) is 4.90 Å². The Balaban J connectivity index is 1.21. The zero-order valence-electron chi connectivity index (χ0n) is 21.4. The molecule has 1 saturated carbocycles. The Morgan fingerprint density at radius 3 is 2.42 bits per heavy atom. The molecule has 1 aliphatic carbocycles. The number of para-hydroxylation sites is 1. The number of hydrogen-bond donors (Lipinski definition) is 1. The van der Waals surface area contributed by atoms with Crippen molar-refractivity contribution >= 4 is 34.3 Å². The second kappa shape index (κ2) is 12.3. The van der Waals surface area contributed by atoms with Crippen molar-refractivity contribution in [2.75, 3.05) is 43.0 Å². The average Bonchev–Trinajstić information content (AvgIpc) is 2.92. The van der Waals surface area contributed by atoms with Gasteiger partial charge in [0.25, 0.3) is 5.69 Å². The zero-order valence-corrected chi connectivity index (χ0v) is 22.2. The van der Waals surface area contributed by atoms with Gasteiger partial charge in [-0.3, -0.25) is 10.1 Å². The summed E-state index contributed by atoms with van der Waals surface area (Å²) in [6.45, 7) is 6.09. The number of rotatable bonds is 8. The van der Waals surface area contributed by atoms with Crippen LogP contribution < -0.4 is 10.2 Å². The van der Waals surface area contributed by atoms with E-state index in [0.717, 1.165) is 75.4 Å². The van der Waals surface area contributed by atoms with E-state index in [1.165, 1.54) is 17.3 Å². The molecule has 206 valence electrons. The molecule has 1 heterocycles. The summed E-state index contributed by atoms with van der Waals surface area (Å²) in [6.07, 6.45) is -0.760. The van der Waals surface area contributed by atoms with Gasteiger partial charge in [-0.15, -0.1) is 0 Å². The molecule has 4 rings (SSSR count). The number of alkyl halides is 3. The predicted molar refractivity (Wildman–Crippen MR) is 146 cm³/mol. The van der Waals surface area contributed by atoms with Gasteiger partial charge in [-0.2, -0.15) is 13.2 Å². The van der Waals surface area contributed by atoms with Crippen LogP contribution in [0.3, 0.4) is 0 Å². The molecule has 2 aromatic carbocycles. The van der Waals surface area contributed by atoms with Crippen molar-refractivity contribution in [3.05, 3.63) is 63.7 Å². The average molecular weight is 551 g/mol. The molecule has 2 fully saturated rings. The van der Waals surface area contributed by atoms with Gasteiger partial charge in [-0.1, -0.05) is 37.3 Å². The number of piperazine rings is 1. The van der Waals surface area contributed by atoms with Crippen LogP contribution in [0, 0.1) is 10.1 Å². The van der Waals surface area contributed by atoms with Crippen LogP contribution >= 0.6 is 12.2 Å². The lowest BCUT2D eigenvalue weighted by Crippen LogP contribution is -2.49. The number of nitro benzene ring substituents is 1. The number of anilines is 2. The first kappa shape index (κ1) is 28.1. The molecule has 0 bridgehead atoms. The normalized spacial score (nSPS) is 20.3. The number of ether oxygens (including phenoxy) is 1. The Bertz CT molecular complexity index is 1130. The first-order chi connectivity index (χ1) is 18.2. The van der Waals surface area contributed by atoms with Gasteiger partial charge in [0.1, 0.15) is 10.6 Å². The quantitative estimate of drug-likeness (QED) is 0.243. The Morgan fingerprint density at radius 2 is 1.79 bits per heavy atom. The van der Waals surface area contributed by atoms with Gasteiger partial charge in [-0.05, 0) is 55.9 Å². The van der Waals surface area contributed by atoms with E-state index in [0.29, 0.717) is 6.61 Å². The summed E-state index contributed by atoms with van der Waals surface area (Å²) in [7, 11) is 0. The van der Waals surface area contributed by atoms with Crippen LogP contribution in [-0.4, -0.2) is 59.7 Å². The maximum absolute atomic E-state index is 13.3. The van der Waals surface area contributed by atoms with Crippen molar-refractivity contribution in [3.63, 3.8) is 0 Å². The Morgan fingerprint density at radius 1 is 1.11 bits per heavy atom. The molecular weight excluding hydrogens is 517 g/mol. The molecule has 1 aliphatic heterocycles. The Labute approximate surface area is 226 Å². The van der Waals surface area contributed by atoms with Gasteiger partial charge in [0, 0.05) is 49.7 Å². The molecule has 0 radical (unpaired) electrons. The highest BCUT2D eigenvalue weighted by atomic mass is 32.1. The minimum Gasteiger partial charge on any atom is -0.382 e. The number of halogens is 3. The van der Waals surface area contributed by atoms with Gasteiger partial charge >= 0.3 is 6.18 Å². The highest BCUT2D eigenvalue weighted by molar-refractivity contribution is 7.80. The van der Waals surface area contributed by atoms with E-state index < -0.39 is 22.4 Å². The number of nitrogens with zero attached hydrogens (tertiary/aromatic N) is 3. The molecule has 2 aromatic rings. The van der Waals surface area contributed by atoms with E-state index in [1.54, 1.807) is 0 Å². The molecule has 0 atom stereocenters. The van der Waals surface area contributed by atoms with Crippen molar-refractivity contribution in [2.24, 2.45) is 0 Å². The molecule has 38 heavy (non-hydrogen) atoms. The number of nitro groups is 1. The molecule has 0 unspecified atom stereocenters. The van der Waals surface area contributed by atoms with E-state index in [1.807, 2.05) is 0 Å². The topological polar surface area (TPSA) is 70.9 Å². The van der Waals surface area contributed by atoms with E-state index in [9.17, 15) is 23.3 Å². The first-order valence-electron chi connectivity index (χ1n) is 13.0. The van der Waals surface area contributed by atoms with Gasteiger partial charge in [-0.25, -0.2) is 0 Å². The maximum atomic E-state index is 13.3. The van der Waals surface area contributed by atoms with E-state index in [-0.39, 0.29) is 17.8 Å². The Kier molecular flexibility index (Phi) is 9.09. The fourth-order valence-corrected chi connectivity index (χ4v) is 5.47. The van der Waals surface area contributed by atoms with Gasteiger partial charge < -0.3 is 19.9 Å². The number of hydrogen-bond acceptors (Lipinski definition) is 6. The SMILES string of the molecule is CCc1ccccc1N1CCN(C(=S)COC2CCC(Nc3ccc([N+](=O)[O-])c(C(F)(F)F)c3)CC2)CC1. The minimum atomic E-state index is -4.79. The zero-order chi connectivity index (χ0) is 27.3. The monoisotopic (exact) mass is 550 g/mol. The molecule has 1 saturated heterocycles. The third-order valence-electron chi connectivity index (χ3n) is 7.33. The van der Waals surface area contributed by atoms with Crippen molar-refractivity contribution in [2.45, 2.75) is 57.3 Å². The third-order valence-corrected chi connectivity index (χ3v) is 7.71. The molecule has 0 aromatic heterocycles. The summed E-state index contributed by atoms with van der Waals surface area (Å²) in [5.74, 6) is 0. The lowest BCUT2D eigenvalue weighted by Gasteiger charge is -2.38. The smallest absolute Gasteiger partial charge is 0.382 e. The van der Waals surface area contributed by atoms with Crippen LogP contribution in [0.25, 0.3) is 0 Å². The summed E-state index contributed by atoms with van der Waals surface area (Å²) >= 11 is 5.66. The predicted octanol–water partition coefficient (Wildman–Crippen LogP) is 6.07. The molecular formula is C27H33F3N4O3S. The summed E-state index contributed by atoms with van der Waals surface area (Å²) < 4.78 is 45.9. The van der Waals surface area contributed by atoms with E-state index >= 15 is 0 Å². The lowest BCUT2D eigenvalue weighted by atomic mass is 9.92. The molecule has 11 heteroatoms. The second-order valence-electron chi connectivity index (χ2n) is 9.77. The standard InChI is InChI=1S/C27H33F3N4O3S/c1-2-19-5-3-4-6-24(19)32-13-15-33(16-14-32)26(38)18-37-22-10-7-20(8-11-22)31-21-9-12-25(34(35)36)23(17-21)27(28,29)30/h3-6,9,12,17,20,22,31H,2,7-8,10-11,13-16,18H2,1H3. The van der Waals surface area contributed by atoms with Crippen LogP contribution in [0.1, 0.15) is 43.7 Å². The molecule has 1 N–H and O–H groups in total.